The molecule has 35 heavy (non-hydrogen) atoms. The Balaban J connectivity index is 1.20. The zero-order chi connectivity index (χ0) is 24.6. The lowest BCUT2D eigenvalue weighted by Gasteiger charge is -2.19. The quantitative estimate of drug-likeness (QED) is 0.268. The summed E-state index contributed by atoms with van der Waals surface area (Å²) in [4.78, 5) is 17.2. The number of hydrogen-bond acceptors (Lipinski definition) is 7. The molecule has 0 amide bonds. The third-order valence-corrected chi connectivity index (χ3v) is 7.28. The van der Waals surface area contributed by atoms with Gasteiger partial charge in [0.05, 0.1) is 24.4 Å². The fourth-order valence-electron chi connectivity index (χ4n) is 4.41. The number of hydrogen-bond donors (Lipinski definition) is 2. The summed E-state index contributed by atoms with van der Waals surface area (Å²) >= 11 is 2.01. The molecule has 1 aliphatic carbocycles. The summed E-state index contributed by atoms with van der Waals surface area (Å²) in [5.74, 6) is 1.90. The van der Waals surface area contributed by atoms with Gasteiger partial charge < -0.3 is 14.8 Å². The Kier molecular flexibility index (Phi) is 8.82. The van der Waals surface area contributed by atoms with Crippen molar-refractivity contribution in [3.8, 4) is 5.75 Å². The number of allylic oxidation sites excluding steroid dienone is 2. The Labute approximate surface area is 210 Å². The van der Waals surface area contributed by atoms with Gasteiger partial charge in [0, 0.05) is 36.6 Å². The van der Waals surface area contributed by atoms with Crippen LogP contribution in [0.3, 0.4) is 0 Å². The van der Waals surface area contributed by atoms with Gasteiger partial charge in [0.25, 0.3) is 5.56 Å². The first kappa shape index (κ1) is 25.3. The Hall–Kier alpha value is -2.84. The summed E-state index contributed by atoms with van der Waals surface area (Å²) in [5, 5.41) is 12.6. The van der Waals surface area contributed by atoms with E-state index in [9.17, 15) is 4.79 Å². The van der Waals surface area contributed by atoms with Crippen LogP contribution < -0.4 is 15.6 Å². The molecule has 4 rings (SSSR count). The monoisotopic (exact) mass is 494 g/mol. The second kappa shape index (κ2) is 12.2. The van der Waals surface area contributed by atoms with Crippen LogP contribution in [0, 0.1) is 5.41 Å². The average Bonchev–Trinajstić information content (AvgIpc) is 3.32. The van der Waals surface area contributed by atoms with Crippen molar-refractivity contribution >= 4 is 34.3 Å². The van der Waals surface area contributed by atoms with Gasteiger partial charge in [-0.05, 0) is 68.0 Å². The van der Waals surface area contributed by atoms with Gasteiger partial charge in [-0.15, -0.1) is 11.8 Å². The Morgan fingerprint density at radius 3 is 3.00 bits per heavy atom. The highest BCUT2D eigenvalue weighted by atomic mass is 32.2. The van der Waals surface area contributed by atoms with E-state index in [1.54, 1.807) is 24.5 Å². The van der Waals surface area contributed by atoms with Crippen LogP contribution in [0.2, 0.25) is 0 Å². The number of nitrogens with zero attached hydrogens (tertiary/aromatic N) is 2. The molecular formula is C27H34N4O3S. The van der Waals surface area contributed by atoms with Gasteiger partial charge in [0.2, 0.25) is 0 Å². The Morgan fingerprint density at radius 2 is 2.14 bits per heavy atom. The first-order valence-electron chi connectivity index (χ1n) is 12.3. The van der Waals surface area contributed by atoms with Crippen LogP contribution in [-0.4, -0.2) is 53.4 Å². The molecule has 2 N–H and O–H groups in total. The predicted molar refractivity (Wildman–Crippen MR) is 145 cm³/mol. The Bertz CT molecular complexity index is 1200. The number of unbranched alkanes of at least 4 members (excludes halogenated alkanes) is 1. The van der Waals surface area contributed by atoms with Gasteiger partial charge in [-0.25, -0.2) is 0 Å². The Morgan fingerprint density at radius 1 is 1.29 bits per heavy atom. The van der Waals surface area contributed by atoms with E-state index in [0.717, 1.165) is 67.0 Å². The fraction of sp³-hybridized carbons (Fsp3) is 0.444. The van der Waals surface area contributed by atoms with E-state index in [2.05, 4.69) is 23.5 Å². The molecule has 0 radical (unpaired) electrons. The second-order valence-corrected chi connectivity index (χ2v) is 9.96. The largest absolute Gasteiger partial charge is 0.494 e. The second-order valence-electron chi connectivity index (χ2n) is 8.73. The van der Waals surface area contributed by atoms with E-state index in [1.807, 2.05) is 30.0 Å². The molecule has 2 aliphatic rings. The summed E-state index contributed by atoms with van der Waals surface area (Å²) in [6.07, 6.45) is 9.24. The molecule has 8 heteroatoms. The molecule has 0 saturated heterocycles. The summed E-state index contributed by atoms with van der Waals surface area (Å²) in [5.41, 5.74) is 3.15. The van der Waals surface area contributed by atoms with Crippen molar-refractivity contribution in [2.24, 2.45) is 4.99 Å². The van der Waals surface area contributed by atoms with Crippen molar-refractivity contribution in [2.45, 2.75) is 44.6 Å². The predicted octanol–water partition coefficient (Wildman–Crippen LogP) is 4.73. The minimum Gasteiger partial charge on any atom is -0.494 e. The molecule has 2 unspecified atom stereocenters. The third kappa shape index (κ3) is 6.64. The molecule has 186 valence electrons. The third-order valence-electron chi connectivity index (χ3n) is 6.07. The van der Waals surface area contributed by atoms with Crippen molar-refractivity contribution in [3.63, 3.8) is 0 Å². The smallest absolute Gasteiger partial charge is 0.253 e. The number of nitrogens with one attached hydrogen (secondary N) is 2. The van der Waals surface area contributed by atoms with E-state index in [4.69, 9.17) is 19.9 Å². The van der Waals surface area contributed by atoms with Crippen LogP contribution in [0.5, 0.6) is 5.75 Å². The highest BCUT2D eigenvalue weighted by molar-refractivity contribution is 8.00. The number of rotatable bonds is 11. The molecule has 0 spiro atoms. The summed E-state index contributed by atoms with van der Waals surface area (Å²) < 4.78 is 13.0. The van der Waals surface area contributed by atoms with Gasteiger partial charge in [-0.3, -0.25) is 19.8 Å². The van der Waals surface area contributed by atoms with Crippen LogP contribution in [0.1, 0.15) is 39.3 Å². The lowest BCUT2D eigenvalue weighted by atomic mass is 9.98. The molecule has 1 aromatic heterocycles. The van der Waals surface area contributed by atoms with Gasteiger partial charge in [0.1, 0.15) is 5.75 Å². The van der Waals surface area contributed by atoms with Crippen LogP contribution in [0.25, 0.3) is 10.9 Å². The van der Waals surface area contributed by atoms with Crippen LogP contribution in [0.15, 0.2) is 63.9 Å². The van der Waals surface area contributed by atoms with E-state index in [1.165, 1.54) is 11.6 Å². The minimum atomic E-state index is -0.570. The summed E-state index contributed by atoms with van der Waals surface area (Å²) in [7, 11) is 0. The van der Waals surface area contributed by atoms with Crippen molar-refractivity contribution in [2.75, 3.05) is 32.0 Å². The van der Waals surface area contributed by atoms with Crippen molar-refractivity contribution in [1.29, 1.82) is 5.41 Å². The first-order valence-corrected chi connectivity index (χ1v) is 13.3. The topological polar surface area (TPSA) is 88.7 Å². The number of aliphatic imine (C=N–C) groups is 1. The van der Waals surface area contributed by atoms with Crippen molar-refractivity contribution < 1.29 is 9.47 Å². The van der Waals surface area contributed by atoms with Crippen molar-refractivity contribution in [3.05, 3.63) is 64.5 Å². The van der Waals surface area contributed by atoms with Gasteiger partial charge in [0.15, 0.2) is 12.1 Å². The van der Waals surface area contributed by atoms with E-state index < -0.39 is 6.23 Å². The summed E-state index contributed by atoms with van der Waals surface area (Å²) in [6.45, 7) is 6.53. The maximum Gasteiger partial charge on any atom is 0.253 e. The standard InChI is InChI=1S/C27H34N4O3S/c1-19(28)34-20(2)31-25-18-22(10-8-21(25)9-11-27(31)32)33-16-4-3-13-29-14-15-30-24-6-5-7-26-23(24)12-17-35-26/h5-6,8-12,18,20,26,28-29H,3-4,7,13-17H2,1-2H3. The molecule has 1 aromatic carbocycles. The average molecular weight is 495 g/mol. The highest BCUT2D eigenvalue weighted by Gasteiger charge is 2.24. The lowest BCUT2D eigenvalue weighted by molar-refractivity contribution is 0.137. The van der Waals surface area contributed by atoms with Gasteiger partial charge in [-0.2, -0.15) is 0 Å². The number of pyridine rings is 1. The molecular weight excluding hydrogens is 460 g/mol. The molecule has 7 nitrogen and oxygen atoms in total. The fourth-order valence-corrected chi connectivity index (χ4v) is 5.56. The molecule has 0 saturated carbocycles. The highest BCUT2D eigenvalue weighted by Crippen LogP contribution is 2.33. The first-order chi connectivity index (χ1) is 17.0. The maximum atomic E-state index is 12.5. The zero-order valence-electron chi connectivity index (χ0n) is 20.5. The van der Waals surface area contributed by atoms with Crippen LogP contribution in [0.4, 0.5) is 0 Å². The SMILES string of the molecule is CC(=N)OC(C)n1c(=O)ccc2ccc(OCCCCNCCN=C3C=CCC4SCC=C34)cc21. The van der Waals surface area contributed by atoms with E-state index >= 15 is 0 Å². The number of benzene rings is 1. The number of ether oxygens (including phenoxy) is 2. The van der Waals surface area contributed by atoms with E-state index in [-0.39, 0.29) is 11.5 Å². The van der Waals surface area contributed by atoms with Crippen molar-refractivity contribution in [1.82, 2.24) is 9.88 Å². The molecule has 2 atom stereocenters. The molecule has 0 fully saturated rings. The minimum absolute atomic E-state index is 0.0691. The van der Waals surface area contributed by atoms with E-state index in [0.29, 0.717) is 11.9 Å². The zero-order valence-corrected chi connectivity index (χ0v) is 21.3. The van der Waals surface area contributed by atoms with Crippen LogP contribution >= 0.6 is 11.8 Å². The maximum absolute atomic E-state index is 12.5. The summed E-state index contributed by atoms with van der Waals surface area (Å²) in [6, 6.07) is 9.05. The lowest BCUT2D eigenvalue weighted by Crippen LogP contribution is -2.25. The van der Waals surface area contributed by atoms with Crippen LogP contribution in [-0.2, 0) is 4.74 Å². The normalized spacial score (nSPS) is 19.0. The molecule has 2 heterocycles. The molecule has 0 bridgehead atoms. The molecule has 2 aromatic rings. The number of fused-ring (bicyclic) bond motifs is 2. The molecule has 1 aliphatic heterocycles. The van der Waals surface area contributed by atoms with Gasteiger partial charge >= 0.3 is 0 Å². The van der Waals surface area contributed by atoms with Gasteiger partial charge in [-0.1, -0.05) is 12.2 Å². The number of aromatic nitrogens is 1. The number of thioether (sulfide) groups is 1.